The van der Waals surface area contributed by atoms with Crippen LogP contribution in [0.4, 0.5) is 0 Å². The number of hydrogen-bond donors (Lipinski definition) is 0. The molecule has 0 N–H and O–H groups in total. The maximum atomic E-state index is 5.49. The zero-order valence-corrected chi connectivity index (χ0v) is 11.3. The first-order chi connectivity index (χ1) is 7.45. The average molecular weight is 228 g/mol. The van der Waals surface area contributed by atoms with E-state index < -0.39 is 11.2 Å². The van der Waals surface area contributed by atoms with Crippen molar-refractivity contribution < 1.29 is 9.78 Å². The topological polar surface area (TPSA) is 43.2 Å². The maximum absolute atomic E-state index is 5.49. The molecule has 0 saturated heterocycles. The summed E-state index contributed by atoms with van der Waals surface area (Å²) >= 11 is 0. The first-order valence-electron chi connectivity index (χ1n) is 5.68. The summed E-state index contributed by atoms with van der Waals surface area (Å²) in [6, 6.07) is 0. The van der Waals surface area contributed by atoms with E-state index in [-0.39, 0.29) is 0 Å². The van der Waals surface area contributed by atoms with Crippen molar-refractivity contribution in [2.45, 2.75) is 51.7 Å². The van der Waals surface area contributed by atoms with Gasteiger partial charge in [0.1, 0.15) is 11.2 Å². The van der Waals surface area contributed by atoms with Gasteiger partial charge in [0.15, 0.2) is 0 Å². The summed E-state index contributed by atoms with van der Waals surface area (Å²) in [6.07, 6.45) is 5.11. The molecule has 0 aromatic rings. The second-order valence-electron chi connectivity index (χ2n) is 4.27. The smallest absolute Gasteiger partial charge is 0.135 e. The van der Waals surface area contributed by atoms with E-state index in [0.717, 1.165) is 12.8 Å². The van der Waals surface area contributed by atoms with E-state index in [4.69, 9.17) is 9.78 Å². The maximum Gasteiger partial charge on any atom is 0.135 e. The fourth-order valence-electron chi connectivity index (χ4n) is 1.08. The van der Waals surface area contributed by atoms with Gasteiger partial charge in [0.05, 0.1) is 0 Å². The molecule has 0 aromatic heterocycles. The van der Waals surface area contributed by atoms with E-state index >= 15 is 0 Å². The van der Waals surface area contributed by atoms with Crippen molar-refractivity contribution >= 4 is 12.4 Å². The molecule has 4 nitrogen and oxygen atoms in total. The molecule has 0 rings (SSSR count). The van der Waals surface area contributed by atoms with E-state index in [0.29, 0.717) is 0 Å². The minimum absolute atomic E-state index is 0.479. The van der Waals surface area contributed by atoms with Crippen LogP contribution >= 0.6 is 0 Å². The van der Waals surface area contributed by atoms with Gasteiger partial charge in [-0.1, -0.05) is 13.8 Å². The zero-order chi connectivity index (χ0) is 12.7. The molecule has 16 heavy (non-hydrogen) atoms. The van der Waals surface area contributed by atoms with E-state index in [1.54, 1.807) is 26.5 Å². The monoisotopic (exact) mass is 228 g/mol. The Morgan fingerprint density at radius 2 is 1.19 bits per heavy atom. The number of rotatable bonds is 7. The summed E-state index contributed by atoms with van der Waals surface area (Å²) in [5.74, 6) is 0. The minimum atomic E-state index is -0.479. The molecular weight excluding hydrogens is 204 g/mol. The van der Waals surface area contributed by atoms with Crippen LogP contribution in [0.15, 0.2) is 9.98 Å². The van der Waals surface area contributed by atoms with Crippen molar-refractivity contribution in [2.75, 3.05) is 14.1 Å². The predicted octanol–water partition coefficient (Wildman–Crippen LogP) is 2.67. The molecule has 0 amide bonds. The molecule has 0 spiro atoms. The predicted molar refractivity (Wildman–Crippen MR) is 68.4 cm³/mol. The molecule has 0 aliphatic rings. The lowest BCUT2D eigenvalue weighted by atomic mass is 10.1. The third kappa shape index (κ3) is 4.86. The normalized spacial score (nSPS) is 20.1. The van der Waals surface area contributed by atoms with Crippen molar-refractivity contribution in [3.8, 4) is 0 Å². The van der Waals surface area contributed by atoms with Gasteiger partial charge in [0.2, 0.25) is 0 Å². The Labute approximate surface area is 98.7 Å². The highest BCUT2D eigenvalue weighted by molar-refractivity contribution is 5.68. The van der Waals surface area contributed by atoms with Crippen LogP contribution in [-0.4, -0.2) is 37.7 Å². The van der Waals surface area contributed by atoms with Crippen molar-refractivity contribution in [3.63, 3.8) is 0 Å². The van der Waals surface area contributed by atoms with Gasteiger partial charge in [-0.25, -0.2) is 9.78 Å². The second-order valence-corrected chi connectivity index (χ2v) is 4.27. The van der Waals surface area contributed by atoms with Crippen LogP contribution in [0.2, 0.25) is 0 Å². The Kier molecular flexibility index (Phi) is 6.45. The van der Waals surface area contributed by atoms with Gasteiger partial charge in [-0.3, -0.25) is 9.98 Å². The molecule has 0 bridgehead atoms. The molecule has 0 fully saturated rings. The summed E-state index contributed by atoms with van der Waals surface area (Å²) in [5.41, 5.74) is -0.959. The van der Waals surface area contributed by atoms with E-state index in [1.807, 2.05) is 27.7 Å². The summed E-state index contributed by atoms with van der Waals surface area (Å²) in [4.78, 5) is 18.9. The van der Waals surface area contributed by atoms with Crippen molar-refractivity contribution in [3.05, 3.63) is 0 Å². The van der Waals surface area contributed by atoms with Gasteiger partial charge in [0, 0.05) is 26.5 Å². The molecular formula is C12H24N2O2. The molecule has 0 saturated carbocycles. The first-order valence-corrected chi connectivity index (χ1v) is 5.68. The van der Waals surface area contributed by atoms with Crippen LogP contribution in [-0.2, 0) is 9.78 Å². The lowest BCUT2D eigenvalue weighted by Crippen LogP contribution is -2.37. The molecule has 0 aromatic carbocycles. The van der Waals surface area contributed by atoms with Gasteiger partial charge in [-0.05, 0) is 26.7 Å². The number of hydrogen-bond acceptors (Lipinski definition) is 4. The number of aliphatic imine (C=N–C) groups is 2. The highest BCUT2D eigenvalue weighted by atomic mass is 17.2. The van der Waals surface area contributed by atoms with Gasteiger partial charge in [-0.2, -0.15) is 0 Å². The standard InChI is InChI=1S/C12H24N2O2/c1-7-11(3,9-13-5)15-16-12(4,8-2)10-14-6/h9-10H,7-8H2,1-6H3. The molecule has 94 valence electrons. The fraction of sp³-hybridized carbons (Fsp3) is 0.833. The zero-order valence-electron chi connectivity index (χ0n) is 11.3. The summed E-state index contributed by atoms with van der Waals surface area (Å²) in [6.45, 7) is 7.95. The largest absolute Gasteiger partial charge is 0.298 e. The van der Waals surface area contributed by atoms with Gasteiger partial charge in [0.25, 0.3) is 0 Å². The second kappa shape index (κ2) is 6.76. The highest BCUT2D eigenvalue weighted by Gasteiger charge is 2.28. The van der Waals surface area contributed by atoms with E-state index in [9.17, 15) is 0 Å². The SMILES string of the molecule is CCC(C)(C=NC)OOC(C)(C=NC)CC. The van der Waals surface area contributed by atoms with Crippen LogP contribution in [0.3, 0.4) is 0 Å². The van der Waals surface area contributed by atoms with Crippen molar-refractivity contribution in [1.29, 1.82) is 0 Å². The first kappa shape index (κ1) is 15.3. The molecule has 2 atom stereocenters. The van der Waals surface area contributed by atoms with Gasteiger partial charge >= 0.3 is 0 Å². The van der Waals surface area contributed by atoms with Crippen LogP contribution in [0, 0.1) is 0 Å². The Morgan fingerprint density at radius 1 is 0.875 bits per heavy atom. The van der Waals surface area contributed by atoms with Gasteiger partial charge < -0.3 is 0 Å². The summed E-state index contributed by atoms with van der Waals surface area (Å²) < 4.78 is 0. The van der Waals surface area contributed by atoms with Crippen LogP contribution in [0.25, 0.3) is 0 Å². The molecule has 0 heterocycles. The van der Waals surface area contributed by atoms with E-state index in [1.165, 1.54) is 0 Å². The lowest BCUT2D eigenvalue weighted by molar-refractivity contribution is -0.375. The molecule has 0 aliphatic heterocycles. The average Bonchev–Trinajstić information content (AvgIpc) is 2.27. The highest BCUT2D eigenvalue weighted by Crippen LogP contribution is 2.20. The lowest BCUT2D eigenvalue weighted by Gasteiger charge is -2.29. The quantitative estimate of drug-likeness (QED) is 0.382. The van der Waals surface area contributed by atoms with Gasteiger partial charge in [-0.15, -0.1) is 0 Å². The van der Waals surface area contributed by atoms with Crippen molar-refractivity contribution in [2.24, 2.45) is 9.98 Å². The summed E-state index contributed by atoms with van der Waals surface area (Å²) in [7, 11) is 3.45. The van der Waals surface area contributed by atoms with Crippen LogP contribution in [0.5, 0.6) is 0 Å². The fourth-order valence-corrected chi connectivity index (χ4v) is 1.08. The minimum Gasteiger partial charge on any atom is -0.298 e. The Morgan fingerprint density at radius 3 is 1.38 bits per heavy atom. The Bertz CT molecular complexity index is 227. The summed E-state index contributed by atoms with van der Waals surface area (Å²) in [5, 5.41) is 0. The Balaban J connectivity index is 4.50. The van der Waals surface area contributed by atoms with Crippen LogP contribution < -0.4 is 0 Å². The van der Waals surface area contributed by atoms with Crippen LogP contribution in [0.1, 0.15) is 40.5 Å². The molecule has 0 aliphatic carbocycles. The van der Waals surface area contributed by atoms with Crippen molar-refractivity contribution in [1.82, 2.24) is 0 Å². The molecule has 2 unspecified atom stereocenters. The third-order valence-corrected chi connectivity index (χ3v) is 2.63. The molecule has 0 radical (unpaired) electrons. The Hall–Kier alpha value is -0.740. The molecule has 4 heteroatoms. The third-order valence-electron chi connectivity index (χ3n) is 2.63. The number of nitrogens with zero attached hydrogens (tertiary/aromatic N) is 2. The van der Waals surface area contributed by atoms with E-state index in [2.05, 4.69) is 9.98 Å².